The predicted molar refractivity (Wildman–Crippen MR) is 78.4 cm³/mol. The van der Waals surface area contributed by atoms with Crippen LogP contribution in [0.2, 0.25) is 0 Å². The summed E-state index contributed by atoms with van der Waals surface area (Å²) < 4.78 is 12.8. The quantitative estimate of drug-likeness (QED) is 0.802. The Morgan fingerprint density at radius 1 is 1.29 bits per heavy atom. The van der Waals surface area contributed by atoms with Crippen molar-refractivity contribution in [3.8, 4) is 0 Å². The Hall–Kier alpha value is -1.91. The maximum Gasteiger partial charge on any atom is 0.308 e. The second-order valence-electron chi connectivity index (χ2n) is 5.24. The molecule has 1 rings (SSSR count). The first-order chi connectivity index (χ1) is 9.93. The number of nitrogens with zero attached hydrogens (tertiary/aromatic N) is 1. The minimum atomic E-state index is -0.911. The van der Waals surface area contributed by atoms with Crippen LogP contribution in [-0.4, -0.2) is 35.0 Å². The molecule has 0 aromatic heterocycles. The van der Waals surface area contributed by atoms with Crippen LogP contribution in [0.3, 0.4) is 0 Å². The van der Waals surface area contributed by atoms with E-state index in [2.05, 4.69) is 0 Å². The summed E-state index contributed by atoms with van der Waals surface area (Å²) in [7, 11) is 0. The molecule has 0 fully saturated rings. The molecule has 1 aromatic rings. The van der Waals surface area contributed by atoms with Crippen LogP contribution >= 0.6 is 0 Å². The van der Waals surface area contributed by atoms with Crippen LogP contribution in [0, 0.1) is 11.7 Å². The molecule has 116 valence electrons. The lowest BCUT2D eigenvalue weighted by molar-refractivity contribution is -0.143. The molecule has 0 radical (unpaired) electrons. The highest BCUT2D eigenvalue weighted by Crippen LogP contribution is 2.09. The van der Waals surface area contributed by atoms with E-state index >= 15 is 0 Å². The van der Waals surface area contributed by atoms with Gasteiger partial charge in [-0.05, 0) is 24.1 Å². The van der Waals surface area contributed by atoms with Crippen molar-refractivity contribution in [1.82, 2.24) is 4.90 Å². The molecule has 1 aromatic carbocycles. The van der Waals surface area contributed by atoms with Crippen LogP contribution in [0.5, 0.6) is 0 Å². The number of carboxylic acids is 1. The number of carbonyl (C=O) groups is 2. The Morgan fingerprint density at radius 2 is 1.90 bits per heavy atom. The summed E-state index contributed by atoms with van der Waals surface area (Å²) in [4.78, 5) is 24.8. The van der Waals surface area contributed by atoms with Gasteiger partial charge in [0.25, 0.3) is 0 Å². The third kappa shape index (κ3) is 5.94. The SMILES string of the molecule is CCCCN(CC(C)C(=O)O)C(=O)Cc1ccc(F)cc1. The number of hydrogen-bond acceptors (Lipinski definition) is 2. The summed E-state index contributed by atoms with van der Waals surface area (Å²) in [5, 5.41) is 8.98. The second-order valence-corrected chi connectivity index (χ2v) is 5.24. The fourth-order valence-electron chi connectivity index (χ4n) is 1.96. The number of amides is 1. The molecule has 0 aliphatic carbocycles. The summed E-state index contributed by atoms with van der Waals surface area (Å²) in [5.74, 6) is -1.97. The van der Waals surface area contributed by atoms with Crippen LogP contribution in [0.1, 0.15) is 32.3 Å². The highest BCUT2D eigenvalue weighted by Gasteiger charge is 2.20. The van der Waals surface area contributed by atoms with E-state index in [1.165, 1.54) is 12.1 Å². The lowest BCUT2D eigenvalue weighted by atomic mass is 10.1. The average Bonchev–Trinajstić information content (AvgIpc) is 2.45. The molecule has 4 nitrogen and oxygen atoms in total. The zero-order valence-corrected chi connectivity index (χ0v) is 12.5. The van der Waals surface area contributed by atoms with Gasteiger partial charge in [-0.25, -0.2) is 4.39 Å². The van der Waals surface area contributed by atoms with Crippen LogP contribution in [0.25, 0.3) is 0 Å². The molecular formula is C16H22FNO3. The summed E-state index contributed by atoms with van der Waals surface area (Å²) in [6, 6.07) is 5.79. The fraction of sp³-hybridized carbons (Fsp3) is 0.500. The Bertz CT molecular complexity index is 473. The predicted octanol–water partition coefficient (Wildman–Crippen LogP) is 2.72. The first kappa shape index (κ1) is 17.1. The zero-order chi connectivity index (χ0) is 15.8. The van der Waals surface area contributed by atoms with Gasteiger partial charge in [-0.3, -0.25) is 9.59 Å². The number of rotatable bonds is 8. The first-order valence-corrected chi connectivity index (χ1v) is 7.19. The fourth-order valence-corrected chi connectivity index (χ4v) is 1.96. The van der Waals surface area contributed by atoms with E-state index in [1.54, 1.807) is 24.0 Å². The van der Waals surface area contributed by atoms with Crippen molar-refractivity contribution in [2.45, 2.75) is 33.1 Å². The molecule has 21 heavy (non-hydrogen) atoms. The van der Waals surface area contributed by atoms with E-state index in [0.717, 1.165) is 18.4 Å². The number of unbranched alkanes of at least 4 members (excludes halogenated alkanes) is 1. The van der Waals surface area contributed by atoms with E-state index in [0.29, 0.717) is 6.54 Å². The van der Waals surface area contributed by atoms with Crippen LogP contribution in [0.15, 0.2) is 24.3 Å². The number of carbonyl (C=O) groups excluding carboxylic acids is 1. The Morgan fingerprint density at radius 3 is 2.43 bits per heavy atom. The highest BCUT2D eigenvalue weighted by molar-refractivity contribution is 5.79. The third-order valence-electron chi connectivity index (χ3n) is 3.32. The van der Waals surface area contributed by atoms with Gasteiger partial charge in [0.2, 0.25) is 5.91 Å². The largest absolute Gasteiger partial charge is 0.481 e. The normalized spacial score (nSPS) is 12.0. The van der Waals surface area contributed by atoms with E-state index in [9.17, 15) is 14.0 Å². The van der Waals surface area contributed by atoms with Gasteiger partial charge < -0.3 is 10.0 Å². The summed E-state index contributed by atoms with van der Waals surface area (Å²) in [5.41, 5.74) is 0.728. The molecule has 0 heterocycles. The van der Waals surface area contributed by atoms with Gasteiger partial charge in [0.15, 0.2) is 0 Å². The van der Waals surface area contributed by atoms with Crippen molar-refractivity contribution in [3.05, 3.63) is 35.6 Å². The van der Waals surface area contributed by atoms with Gasteiger partial charge in [0.05, 0.1) is 12.3 Å². The molecule has 0 aliphatic heterocycles. The molecular weight excluding hydrogens is 273 g/mol. The molecule has 0 spiro atoms. The lowest BCUT2D eigenvalue weighted by Gasteiger charge is -2.24. The number of aliphatic carboxylic acids is 1. The lowest BCUT2D eigenvalue weighted by Crippen LogP contribution is -2.38. The van der Waals surface area contributed by atoms with Crippen molar-refractivity contribution in [2.24, 2.45) is 5.92 Å². The minimum absolute atomic E-state index is 0.122. The van der Waals surface area contributed by atoms with Crippen molar-refractivity contribution >= 4 is 11.9 Å². The Balaban J connectivity index is 2.69. The van der Waals surface area contributed by atoms with Gasteiger partial charge in [0, 0.05) is 13.1 Å². The number of hydrogen-bond donors (Lipinski definition) is 1. The zero-order valence-electron chi connectivity index (χ0n) is 12.5. The molecule has 5 heteroatoms. The van der Waals surface area contributed by atoms with Gasteiger partial charge in [0.1, 0.15) is 5.82 Å². The van der Waals surface area contributed by atoms with Gasteiger partial charge in [-0.15, -0.1) is 0 Å². The molecule has 1 atom stereocenters. The van der Waals surface area contributed by atoms with Crippen molar-refractivity contribution in [2.75, 3.05) is 13.1 Å². The third-order valence-corrected chi connectivity index (χ3v) is 3.32. The topological polar surface area (TPSA) is 57.6 Å². The maximum absolute atomic E-state index is 12.8. The molecule has 0 bridgehead atoms. The molecule has 0 saturated carbocycles. The Kier molecular flexibility index (Phi) is 6.85. The number of benzene rings is 1. The van der Waals surface area contributed by atoms with Crippen molar-refractivity contribution < 1.29 is 19.1 Å². The molecule has 1 unspecified atom stereocenters. The summed E-state index contributed by atoms with van der Waals surface area (Å²) >= 11 is 0. The Labute approximate surface area is 124 Å². The monoisotopic (exact) mass is 295 g/mol. The van der Waals surface area contributed by atoms with Crippen LogP contribution in [-0.2, 0) is 16.0 Å². The molecule has 1 amide bonds. The van der Waals surface area contributed by atoms with Crippen LogP contribution < -0.4 is 0 Å². The summed E-state index contributed by atoms with van der Waals surface area (Å²) in [6.07, 6.45) is 1.93. The second kappa shape index (κ2) is 8.39. The number of halogens is 1. The van der Waals surface area contributed by atoms with Gasteiger partial charge in [-0.2, -0.15) is 0 Å². The van der Waals surface area contributed by atoms with E-state index in [4.69, 9.17) is 5.11 Å². The molecule has 0 saturated heterocycles. The minimum Gasteiger partial charge on any atom is -0.481 e. The van der Waals surface area contributed by atoms with E-state index in [1.807, 2.05) is 6.92 Å². The number of carboxylic acid groups (broad SMARTS) is 1. The molecule has 0 aliphatic rings. The first-order valence-electron chi connectivity index (χ1n) is 7.19. The maximum atomic E-state index is 12.8. The summed E-state index contributed by atoms with van der Waals surface area (Å²) in [6.45, 7) is 4.36. The van der Waals surface area contributed by atoms with E-state index in [-0.39, 0.29) is 24.7 Å². The van der Waals surface area contributed by atoms with E-state index < -0.39 is 11.9 Å². The van der Waals surface area contributed by atoms with Gasteiger partial charge >= 0.3 is 5.97 Å². The van der Waals surface area contributed by atoms with Crippen molar-refractivity contribution in [1.29, 1.82) is 0 Å². The van der Waals surface area contributed by atoms with Crippen LogP contribution in [0.4, 0.5) is 4.39 Å². The smallest absolute Gasteiger partial charge is 0.308 e. The highest BCUT2D eigenvalue weighted by atomic mass is 19.1. The average molecular weight is 295 g/mol. The standard InChI is InChI=1S/C16H22FNO3/c1-3-4-9-18(11-12(2)16(20)21)15(19)10-13-5-7-14(17)8-6-13/h5-8,12H,3-4,9-11H2,1-2H3,(H,20,21). The molecule has 1 N–H and O–H groups in total. The van der Waals surface area contributed by atoms with Gasteiger partial charge in [-0.1, -0.05) is 32.4 Å². The van der Waals surface area contributed by atoms with Crippen molar-refractivity contribution in [3.63, 3.8) is 0 Å².